The van der Waals surface area contributed by atoms with Crippen molar-refractivity contribution in [2.75, 3.05) is 6.26 Å². The molecule has 0 N–H and O–H groups in total. The van der Waals surface area contributed by atoms with Gasteiger partial charge in [0.1, 0.15) is 33.0 Å². The van der Waals surface area contributed by atoms with E-state index in [1.807, 2.05) is 199 Å². The number of hydrogen-bond acceptors (Lipinski definition) is 9. The average Bonchev–Trinajstić information content (AvgIpc) is 0.872. The lowest BCUT2D eigenvalue weighted by Gasteiger charge is -2.06. The van der Waals surface area contributed by atoms with Crippen LogP contribution >= 0.6 is 0 Å². The Hall–Kier alpha value is -6.09. The highest BCUT2D eigenvalue weighted by Gasteiger charge is 2.18. The highest BCUT2D eigenvalue weighted by molar-refractivity contribution is 7.92. The molecule has 9 nitrogen and oxygen atoms in total. The largest absolute Gasteiger partial charge is 0.300 e. The molecule has 546 valence electrons. The van der Waals surface area contributed by atoms with Gasteiger partial charge in [0.2, 0.25) is 0 Å². The number of carbonyl (C=O) groups excluding carboxylic acids is 5. The van der Waals surface area contributed by atoms with Crippen molar-refractivity contribution in [2.24, 2.45) is 47.3 Å². The first kappa shape index (κ1) is 110. The number of sulfone groups is 2. The molecule has 0 aliphatic heterocycles. The summed E-state index contributed by atoms with van der Waals surface area (Å²) in [4.78, 5) is 52.3. The van der Waals surface area contributed by atoms with Gasteiger partial charge in [0.05, 0.1) is 15.4 Å². The zero-order valence-corrected chi connectivity index (χ0v) is 68.7. The standard InChI is InChI=1S/C11H12.C10H12O.2C10H14.C9H12O2S.4C5H10O.C4H10O2S.5C2H6/c1-10(2)8-9-11-6-4-3-5-7-11;1-8(2)10(11)9-6-4-3-5-7-9;2*1-9(2)8-10-6-4-3-5-7-10;1-8(2)12(10,11)9-6-4-3-5-7-9;4*1-4(2)5(3)6;1-4(2)7(3,5)6;5*1-2/h3-7,10H,1-2H3;3-8H,1-2H3;2*3-7,9H,8H2,1-2H3;3-8H,1-2H3;4*4H,1-3H3;4H,1-3H3;5*1-2H3. The van der Waals surface area contributed by atoms with Gasteiger partial charge in [-0.1, -0.05) is 319 Å². The molecule has 5 aromatic rings. The summed E-state index contributed by atoms with van der Waals surface area (Å²) in [6.07, 6.45) is 3.62. The first-order chi connectivity index (χ1) is 44.1. The Labute approximate surface area is 589 Å². The molecule has 0 aliphatic carbocycles. The van der Waals surface area contributed by atoms with Gasteiger partial charge in [-0.15, -0.1) is 0 Å². The summed E-state index contributed by atoms with van der Waals surface area (Å²) in [5.41, 5.74) is 4.79. The highest BCUT2D eigenvalue weighted by atomic mass is 32.2. The van der Waals surface area contributed by atoms with Gasteiger partial charge in [0.15, 0.2) is 15.6 Å². The summed E-state index contributed by atoms with van der Waals surface area (Å²) in [5, 5.41) is -0.576. The van der Waals surface area contributed by atoms with E-state index >= 15 is 0 Å². The van der Waals surface area contributed by atoms with Crippen LogP contribution in [0.4, 0.5) is 0 Å². The summed E-state index contributed by atoms with van der Waals surface area (Å²) in [6, 6.07) is 49.2. The molecule has 0 aliphatic rings. The molecule has 5 aromatic carbocycles. The van der Waals surface area contributed by atoms with E-state index in [-0.39, 0.29) is 69.0 Å². The van der Waals surface area contributed by atoms with Gasteiger partial charge in [-0.3, -0.25) is 24.0 Å². The number of hydrogen-bond donors (Lipinski definition) is 0. The van der Waals surface area contributed by atoms with Gasteiger partial charge < -0.3 is 0 Å². The topological polar surface area (TPSA) is 154 Å². The van der Waals surface area contributed by atoms with E-state index in [1.54, 1.807) is 85.7 Å². The molecule has 0 aromatic heterocycles. The summed E-state index contributed by atoms with van der Waals surface area (Å²) < 4.78 is 43.7. The maximum absolute atomic E-state index is 11.5. The van der Waals surface area contributed by atoms with Crippen LogP contribution in [0.2, 0.25) is 0 Å². The second-order valence-corrected chi connectivity index (χ2v) is 28.8. The molecule has 0 radical (unpaired) electrons. The predicted molar refractivity (Wildman–Crippen MR) is 421 cm³/mol. The van der Waals surface area contributed by atoms with Crippen molar-refractivity contribution in [3.63, 3.8) is 0 Å². The molecule has 0 fully saturated rings. The second-order valence-electron chi connectivity index (χ2n) is 23.7. The normalized spacial score (nSPS) is 9.48. The third-order valence-electron chi connectivity index (χ3n) is 11.6. The predicted octanol–water partition coefficient (Wildman–Crippen LogP) is 23.4. The fourth-order valence-electron chi connectivity index (χ4n) is 4.74. The van der Waals surface area contributed by atoms with Crippen molar-refractivity contribution in [1.82, 2.24) is 0 Å². The third kappa shape index (κ3) is 82.1. The number of Topliss-reactive ketones (excluding diaryl/α,β-unsaturated/α-hetero) is 5. The lowest BCUT2D eigenvalue weighted by atomic mass is 10.0. The Morgan fingerprint density at radius 2 is 0.558 bits per heavy atom. The van der Waals surface area contributed by atoms with Gasteiger partial charge in [0.25, 0.3) is 0 Å². The van der Waals surface area contributed by atoms with Crippen molar-refractivity contribution in [2.45, 2.75) is 264 Å². The number of rotatable bonds is 13. The van der Waals surface area contributed by atoms with Crippen LogP contribution in [0.25, 0.3) is 0 Å². The van der Waals surface area contributed by atoms with E-state index in [1.165, 1.54) is 30.2 Å². The van der Waals surface area contributed by atoms with E-state index in [9.17, 15) is 40.8 Å². The van der Waals surface area contributed by atoms with E-state index in [4.69, 9.17) is 0 Å². The molecule has 0 unspecified atom stereocenters. The summed E-state index contributed by atoms with van der Waals surface area (Å²) in [7, 11) is -5.82. The van der Waals surface area contributed by atoms with Crippen LogP contribution in [0, 0.1) is 59.2 Å². The van der Waals surface area contributed by atoms with E-state index in [0.717, 1.165) is 23.0 Å². The van der Waals surface area contributed by atoms with E-state index in [0.29, 0.717) is 10.8 Å². The van der Waals surface area contributed by atoms with E-state index in [2.05, 4.69) is 114 Å². The SMILES string of the molecule is CC.CC.CC.CC.CC.CC(=O)C(C)C.CC(=O)C(C)C.CC(=O)C(C)C.CC(=O)C(C)C.CC(C)C#Cc1ccccc1.CC(C)C(=O)c1ccccc1.CC(C)Cc1ccccc1.CC(C)Cc1ccccc1.CC(C)S(=O)(=O)c1ccccc1.CC(C)S(C)(=O)=O. The van der Waals surface area contributed by atoms with Crippen LogP contribution in [-0.4, -0.2) is 62.5 Å². The highest BCUT2D eigenvalue weighted by Crippen LogP contribution is 2.14. The zero-order chi connectivity index (χ0) is 77.1. The molecule has 0 saturated carbocycles. The Morgan fingerprint density at radius 1 is 0.337 bits per heavy atom. The Morgan fingerprint density at radius 3 is 0.747 bits per heavy atom. The summed E-state index contributed by atoms with van der Waals surface area (Å²) >= 11 is 0. The van der Waals surface area contributed by atoms with Crippen LogP contribution in [0.3, 0.4) is 0 Å². The van der Waals surface area contributed by atoms with Gasteiger partial charge in [-0.25, -0.2) is 16.8 Å². The number of carbonyl (C=O) groups is 5. The van der Waals surface area contributed by atoms with Crippen LogP contribution in [0.15, 0.2) is 157 Å². The lowest BCUT2D eigenvalue weighted by molar-refractivity contribution is -0.120. The van der Waals surface area contributed by atoms with Crippen LogP contribution in [0.1, 0.15) is 262 Å². The smallest absolute Gasteiger partial charge is 0.180 e. The average molecular weight is 1360 g/mol. The molecular formula is C84H144O9S2. The first-order valence-electron chi connectivity index (χ1n) is 34.9. The fraction of sp³-hybridized carbons (Fsp3) is 0.560. The van der Waals surface area contributed by atoms with Gasteiger partial charge >= 0.3 is 0 Å². The molecule has 11 heteroatoms. The molecule has 0 spiro atoms. The second kappa shape index (κ2) is 73.7. The van der Waals surface area contributed by atoms with Gasteiger partial charge in [-0.2, -0.15) is 0 Å². The maximum atomic E-state index is 11.5. The summed E-state index contributed by atoms with van der Waals surface area (Å²) in [5.74, 6) is 10.4. The number of ketones is 5. The molecule has 0 heterocycles. The Bertz CT molecular complexity index is 2650. The monoisotopic (exact) mass is 1360 g/mol. The molecule has 0 bridgehead atoms. The third-order valence-corrected chi connectivity index (χ3v) is 15.5. The Kier molecular flexibility index (Phi) is 85.6. The van der Waals surface area contributed by atoms with Crippen LogP contribution in [-0.2, 0) is 51.7 Å². The fourth-order valence-corrected chi connectivity index (χ4v) is 5.82. The van der Waals surface area contributed by atoms with Gasteiger partial charge in [-0.05, 0) is 115 Å². The lowest BCUT2D eigenvalue weighted by Crippen LogP contribution is -2.13. The zero-order valence-electron chi connectivity index (χ0n) is 67.1. The quantitative estimate of drug-likeness (QED) is 0.0828. The van der Waals surface area contributed by atoms with Crippen molar-refractivity contribution in [3.05, 3.63) is 174 Å². The Balaban J connectivity index is -0.000000105. The molecule has 5 rings (SSSR count). The minimum Gasteiger partial charge on any atom is -0.300 e. The minimum atomic E-state index is -3.08. The van der Waals surface area contributed by atoms with Crippen molar-refractivity contribution in [3.8, 4) is 11.8 Å². The number of benzene rings is 5. The summed E-state index contributed by atoms with van der Waals surface area (Å²) in [6.45, 7) is 65.2. The minimum absolute atomic E-state index is 0.0948. The van der Waals surface area contributed by atoms with Crippen LogP contribution < -0.4 is 0 Å². The molecule has 0 amide bonds. The van der Waals surface area contributed by atoms with Gasteiger partial charge in [0, 0.05) is 52.9 Å². The molecule has 0 atom stereocenters. The van der Waals surface area contributed by atoms with E-state index < -0.39 is 19.7 Å². The maximum Gasteiger partial charge on any atom is 0.180 e. The molecular weight excluding hydrogens is 1220 g/mol. The van der Waals surface area contributed by atoms with Crippen LogP contribution in [0.5, 0.6) is 0 Å². The van der Waals surface area contributed by atoms with Crippen molar-refractivity contribution >= 4 is 48.6 Å². The van der Waals surface area contributed by atoms with Crippen molar-refractivity contribution < 1.29 is 40.8 Å². The molecule has 95 heavy (non-hydrogen) atoms. The molecule has 0 saturated heterocycles. The first-order valence-corrected chi connectivity index (χ1v) is 38.4. The van der Waals surface area contributed by atoms with Crippen molar-refractivity contribution in [1.29, 1.82) is 0 Å².